The van der Waals surface area contributed by atoms with Crippen LogP contribution in [0.1, 0.15) is 5.56 Å². The summed E-state index contributed by atoms with van der Waals surface area (Å²) in [5.41, 5.74) is 7.86. The Balaban J connectivity index is 1.95. The van der Waals surface area contributed by atoms with Crippen LogP contribution in [0.15, 0.2) is 18.2 Å². The lowest BCUT2D eigenvalue weighted by Crippen LogP contribution is -2.29. The van der Waals surface area contributed by atoms with Gasteiger partial charge in [0.1, 0.15) is 0 Å². The molecule has 14 heavy (non-hydrogen) atoms. The van der Waals surface area contributed by atoms with E-state index in [1.54, 1.807) is 0 Å². The number of thiol groups is 1. The van der Waals surface area contributed by atoms with Crippen LogP contribution in [0.2, 0.25) is 0 Å². The van der Waals surface area contributed by atoms with E-state index < -0.39 is 0 Å². The van der Waals surface area contributed by atoms with Crippen molar-refractivity contribution in [3.8, 4) is 0 Å². The van der Waals surface area contributed by atoms with Gasteiger partial charge in [-0.2, -0.15) is 0 Å². The number of nitrogen functional groups attached to an aromatic ring is 1. The molecule has 0 amide bonds. The van der Waals surface area contributed by atoms with Crippen LogP contribution < -0.4 is 11.1 Å². The van der Waals surface area contributed by atoms with Crippen molar-refractivity contribution in [1.82, 2.24) is 5.32 Å². The zero-order valence-corrected chi connectivity index (χ0v) is 9.19. The Kier molecular flexibility index (Phi) is 3.32. The van der Waals surface area contributed by atoms with Crippen molar-refractivity contribution >= 4 is 16.6 Å². The van der Waals surface area contributed by atoms with Gasteiger partial charge in [-0.1, -0.05) is 12.1 Å². The van der Waals surface area contributed by atoms with E-state index in [4.69, 9.17) is 5.73 Å². The number of hydrogen-bond acceptors (Lipinski definition) is 2. The smallest absolute Gasteiger partial charge is 0.0397 e. The summed E-state index contributed by atoms with van der Waals surface area (Å²) in [6, 6.07) is 9.11. The molecule has 77 valence electrons. The van der Waals surface area contributed by atoms with E-state index in [1.165, 1.54) is 35.9 Å². The fourth-order valence-electron chi connectivity index (χ4n) is 1.76. The van der Waals surface area contributed by atoms with Crippen LogP contribution in [0, 0.1) is 6.07 Å². The summed E-state index contributed by atoms with van der Waals surface area (Å²) in [7, 11) is 0.208. The minimum absolute atomic E-state index is 0.208. The maximum Gasteiger partial charge on any atom is 0.0397 e. The minimum Gasteiger partial charge on any atom is -0.398 e. The molecule has 3 N–H and O–H groups in total. The standard InChI is InChI=1S/C11H17N2S/c12-11-3-1-2-10(8-11)9-14-6-4-13-5-7-14/h1-2,8,13-14H,4-7,9,12H2. The number of rotatable bonds is 2. The van der Waals surface area contributed by atoms with Gasteiger partial charge in [0.2, 0.25) is 0 Å². The molecule has 1 heterocycles. The van der Waals surface area contributed by atoms with Gasteiger partial charge < -0.3 is 11.1 Å². The first kappa shape index (κ1) is 9.87. The average Bonchev–Trinajstić information content (AvgIpc) is 2.19. The third kappa shape index (κ3) is 2.66. The highest BCUT2D eigenvalue weighted by Gasteiger charge is 2.09. The zero-order valence-electron chi connectivity index (χ0n) is 8.29. The van der Waals surface area contributed by atoms with E-state index in [0.29, 0.717) is 0 Å². The summed E-state index contributed by atoms with van der Waals surface area (Å²) >= 11 is 0. The van der Waals surface area contributed by atoms with Gasteiger partial charge in [0.25, 0.3) is 0 Å². The lowest BCUT2D eigenvalue weighted by atomic mass is 10.2. The van der Waals surface area contributed by atoms with Gasteiger partial charge in [0.05, 0.1) is 0 Å². The van der Waals surface area contributed by atoms with Crippen LogP contribution in [-0.4, -0.2) is 24.6 Å². The predicted octanol–water partition coefficient (Wildman–Crippen LogP) is 1.17. The molecule has 1 aromatic rings. The molecule has 1 aliphatic rings. The lowest BCUT2D eigenvalue weighted by Gasteiger charge is -2.26. The molecule has 1 aromatic carbocycles. The normalized spacial score (nSPS) is 19.6. The summed E-state index contributed by atoms with van der Waals surface area (Å²) in [5.74, 6) is 3.94. The van der Waals surface area contributed by atoms with E-state index in [-0.39, 0.29) is 10.9 Å². The predicted molar refractivity (Wildman–Crippen MR) is 65.0 cm³/mol. The Morgan fingerprint density at radius 1 is 1.43 bits per heavy atom. The Bertz CT molecular complexity index is 295. The summed E-state index contributed by atoms with van der Waals surface area (Å²) in [6.45, 7) is 2.39. The van der Waals surface area contributed by atoms with Gasteiger partial charge in [-0.25, -0.2) is 10.9 Å². The molecule has 2 rings (SSSR count). The summed E-state index contributed by atoms with van der Waals surface area (Å²) in [5, 5.41) is 3.40. The third-order valence-corrected chi connectivity index (χ3v) is 5.03. The summed E-state index contributed by atoms with van der Waals surface area (Å²) in [4.78, 5) is 0. The van der Waals surface area contributed by atoms with Crippen molar-refractivity contribution in [3.05, 3.63) is 29.8 Å². The molecule has 3 heteroatoms. The average molecular weight is 209 g/mol. The second-order valence-electron chi connectivity index (χ2n) is 3.68. The molecule has 0 saturated carbocycles. The molecule has 2 nitrogen and oxygen atoms in total. The Morgan fingerprint density at radius 2 is 2.21 bits per heavy atom. The Morgan fingerprint density at radius 3 is 2.93 bits per heavy atom. The van der Waals surface area contributed by atoms with Crippen molar-refractivity contribution < 1.29 is 0 Å². The minimum atomic E-state index is 0.208. The number of anilines is 1. The first-order chi connectivity index (χ1) is 6.84. The third-order valence-electron chi connectivity index (χ3n) is 2.50. The van der Waals surface area contributed by atoms with Crippen molar-refractivity contribution in [2.75, 3.05) is 30.3 Å². The van der Waals surface area contributed by atoms with Gasteiger partial charge in [-0.15, -0.1) is 0 Å². The van der Waals surface area contributed by atoms with Crippen LogP contribution in [0.25, 0.3) is 0 Å². The maximum absolute atomic E-state index is 5.70. The van der Waals surface area contributed by atoms with Crippen molar-refractivity contribution in [3.63, 3.8) is 0 Å². The van der Waals surface area contributed by atoms with Gasteiger partial charge in [-0.3, -0.25) is 0 Å². The van der Waals surface area contributed by atoms with E-state index in [0.717, 1.165) is 5.69 Å². The number of nitrogens with two attached hydrogens (primary N) is 1. The molecule has 1 radical (unpaired) electrons. The summed E-state index contributed by atoms with van der Waals surface area (Å²) in [6.07, 6.45) is 0. The molecule has 0 aliphatic carbocycles. The lowest BCUT2D eigenvalue weighted by molar-refractivity contribution is 0.751. The first-order valence-corrected chi connectivity index (χ1v) is 6.93. The monoisotopic (exact) mass is 209 g/mol. The molecular weight excluding hydrogens is 192 g/mol. The largest absolute Gasteiger partial charge is 0.398 e. The molecule has 0 unspecified atom stereocenters. The van der Waals surface area contributed by atoms with E-state index >= 15 is 0 Å². The number of benzene rings is 1. The fourth-order valence-corrected chi connectivity index (χ4v) is 3.96. The fraction of sp³-hybridized carbons (Fsp3) is 0.455. The van der Waals surface area contributed by atoms with Crippen LogP contribution in [0.3, 0.4) is 0 Å². The molecule has 0 aromatic heterocycles. The van der Waals surface area contributed by atoms with Crippen LogP contribution in [0.5, 0.6) is 0 Å². The van der Waals surface area contributed by atoms with E-state index in [2.05, 4.69) is 23.5 Å². The van der Waals surface area contributed by atoms with E-state index in [9.17, 15) is 0 Å². The number of nitrogens with one attached hydrogen (secondary N) is 1. The highest BCUT2D eigenvalue weighted by Crippen LogP contribution is 2.30. The second kappa shape index (κ2) is 4.71. The second-order valence-corrected chi connectivity index (χ2v) is 6.23. The first-order valence-electron chi connectivity index (χ1n) is 5.04. The maximum atomic E-state index is 5.70. The molecule has 0 spiro atoms. The van der Waals surface area contributed by atoms with Crippen LogP contribution in [-0.2, 0) is 5.75 Å². The highest BCUT2D eigenvalue weighted by molar-refractivity contribution is 8.16. The van der Waals surface area contributed by atoms with Gasteiger partial charge in [0, 0.05) is 30.6 Å². The van der Waals surface area contributed by atoms with Crippen molar-refractivity contribution in [2.45, 2.75) is 5.75 Å². The Labute approximate surface area is 88.2 Å². The zero-order chi connectivity index (χ0) is 9.80. The topological polar surface area (TPSA) is 38.0 Å². The highest BCUT2D eigenvalue weighted by atomic mass is 32.2. The van der Waals surface area contributed by atoms with Gasteiger partial charge >= 0.3 is 0 Å². The Hall–Kier alpha value is -0.670. The quantitative estimate of drug-likeness (QED) is 0.505. The molecule has 0 bridgehead atoms. The van der Waals surface area contributed by atoms with Crippen LogP contribution in [0.4, 0.5) is 5.69 Å². The van der Waals surface area contributed by atoms with Gasteiger partial charge in [0.15, 0.2) is 0 Å². The molecule has 0 atom stereocenters. The number of hydrogen-bond donors (Lipinski definition) is 3. The summed E-state index contributed by atoms with van der Waals surface area (Å²) < 4.78 is 0. The molecule has 1 aliphatic heterocycles. The van der Waals surface area contributed by atoms with Gasteiger partial charge in [-0.05, 0) is 23.1 Å². The molecular formula is C11H17N2S. The molecule has 1 saturated heterocycles. The van der Waals surface area contributed by atoms with Crippen molar-refractivity contribution in [2.24, 2.45) is 0 Å². The van der Waals surface area contributed by atoms with E-state index in [1.807, 2.05) is 6.07 Å². The van der Waals surface area contributed by atoms with Crippen LogP contribution >= 0.6 is 10.9 Å². The SMILES string of the molecule is Nc1[c]ccc(C[SH]2CCNCC2)c1. The van der Waals surface area contributed by atoms with Crippen molar-refractivity contribution in [1.29, 1.82) is 0 Å². The molecule has 1 fully saturated rings.